The Labute approximate surface area is 167 Å². The highest BCUT2D eigenvalue weighted by atomic mass is 35.5. The van der Waals surface area contributed by atoms with Crippen LogP contribution in [0.25, 0.3) is 11.3 Å². The number of aromatic nitrogens is 3. The molecular weight excluding hydrogens is 375 g/mol. The lowest BCUT2D eigenvalue weighted by Gasteiger charge is -2.46. The fraction of sp³-hybridized carbons (Fsp3) is 0.273. The second-order valence-corrected chi connectivity index (χ2v) is 7.94. The van der Waals surface area contributed by atoms with Gasteiger partial charge in [0.05, 0.1) is 22.0 Å². The first-order valence-electron chi connectivity index (χ1n) is 9.31. The van der Waals surface area contributed by atoms with Crippen molar-refractivity contribution < 1.29 is 4.39 Å². The summed E-state index contributed by atoms with van der Waals surface area (Å²) in [6, 6.07) is 12.4. The van der Waals surface area contributed by atoms with Crippen molar-refractivity contribution in [1.29, 1.82) is 5.26 Å². The second-order valence-electron chi connectivity index (χ2n) is 7.53. The molecule has 28 heavy (non-hydrogen) atoms. The Bertz CT molecular complexity index is 1090. The summed E-state index contributed by atoms with van der Waals surface area (Å²) in [5.74, 6) is 0.0109. The number of rotatable bonds is 2. The van der Waals surface area contributed by atoms with E-state index in [1.165, 1.54) is 6.07 Å². The minimum atomic E-state index is -0.395. The number of fused-ring (bicyclic) bond motifs is 2. The topological polar surface area (TPSA) is 62.5 Å². The summed E-state index contributed by atoms with van der Waals surface area (Å²) in [6.45, 7) is 0. The molecule has 6 rings (SSSR count). The van der Waals surface area contributed by atoms with Crippen LogP contribution in [0.1, 0.15) is 54.1 Å². The molecular formula is C22H16ClFN4. The van der Waals surface area contributed by atoms with Gasteiger partial charge in [0.15, 0.2) is 0 Å². The van der Waals surface area contributed by atoms with Crippen molar-refractivity contribution >= 4 is 11.6 Å². The largest absolute Gasteiger partial charge is 0.245 e. The maximum absolute atomic E-state index is 14.4. The fourth-order valence-corrected chi connectivity index (χ4v) is 5.04. The molecule has 0 atom stereocenters. The van der Waals surface area contributed by atoms with Crippen molar-refractivity contribution in [2.75, 3.05) is 0 Å². The zero-order chi connectivity index (χ0) is 19.3. The van der Waals surface area contributed by atoms with Gasteiger partial charge in [-0.05, 0) is 67.0 Å². The summed E-state index contributed by atoms with van der Waals surface area (Å²) in [6.07, 6.45) is 5.84. The first kappa shape index (κ1) is 17.3. The molecule has 2 heterocycles. The minimum Gasteiger partial charge on any atom is -0.245 e. The smallest absolute Gasteiger partial charge is 0.140 e. The maximum Gasteiger partial charge on any atom is 0.140 e. The van der Waals surface area contributed by atoms with Gasteiger partial charge in [-0.1, -0.05) is 23.7 Å². The van der Waals surface area contributed by atoms with Gasteiger partial charge < -0.3 is 0 Å². The molecule has 1 aromatic carbocycles. The van der Waals surface area contributed by atoms with E-state index in [0.717, 1.165) is 42.5 Å². The standard InChI is InChI=1S/C22H16ClFN4/c23-17-2-1-3-18(24)20(17)19-10-16-13-6-8-22(9-7-13,21(16)28-27-19)14-4-5-15(11-25)26-12-14/h1-5,10,12-13H,6-9H2. The lowest BCUT2D eigenvalue weighted by Crippen LogP contribution is -2.40. The van der Waals surface area contributed by atoms with Crippen LogP contribution in [-0.4, -0.2) is 15.2 Å². The van der Waals surface area contributed by atoms with Crippen LogP contribution in [0.2, 0.25) is 5.02 Å². The van der Waals surface area contributed by atoms with Gasteiger partial charge in [-0.25, -0.2) is 9.37 Å². The normalized spacial score (nSPS) is 22.5. The van der Waals surface area contributed by atoms with Gasteiger partial charge in [-0.3, -0.25) is 0 Å². The number of benzene rings is 1. The molecule has 0 spiro atoms. The average Bonchev–Trinajstić information content (AvgIpc) is 2.74. The SMILES string of the molecule is N#Cc1ccc(C23CCC(CC2)c2cc(-c4c(F)cccc4Cl)nnc23)cn1. The zero-order valence-corrected chi connectivity index (χ0v) is 15.7. The molecule has 2 aromatic heterocycles. The van der Waals surface area contributed by atoms with E-state index in [2.05, 4.69) is 21.3 Å². The van der Waals surface area contributed by atoms with E-state index in [1.807, 2.05) is 12.1 Å². The van der Waals surface area contributed by atoms with Gasteiger partial charge in [0, 0.05) is 11.6 Å². The lowest BCUT2D eigenvalue weighted by molar-refractivity contribution is 0.268. The third-order valence-corrected chi connectivity index (χ3v) is 6.52. The fourth-order valence-electron chi connectivity index (χ4n) is 4.78. The molecule has 0 unspecified atom stereocenters. The molecule has 3 aliphatic rings. The zero-order valence-electron chi connectivity index (χ0n) is 15.0. The monoisotopic (exact) mass is 390 g/mol. The first-order chi connectivity index (χ1) is 13.6. The summed E-state index contributed by atoms with van der Waals surface area (Å²) in [4.78, 5) is 4.27. The third kappa shape index (κ3) is 2.45. The summed E-state index contributed by atoms with van der Waals surface area (Å²) in [5, 5.41) is 18.3. The predicted octanol–water partition coefficient (Wildman–Crippen LogP) is 5.16. The minimum absolute atomic E-state index is 0.240. The van der Waals surface area contributed by atoms with Crippen LogP contribution >= 0.6 is 11.6 Å². The molecule has 3 aliphatic carbocycles. The van der Waals surface area contributed by atoms with E-state index >= 15 is 0 Å². The molecule has 1 fully saturated rings. The van der Waals surface area contributed by atoms with Crippen LogP contribution in [0, 0.1) is 17.1 Å². The lowest BCUT2D eigenvalue weighted by atomic mass is 9.57. The van der Waals surface area contributed by atoms with Gasteiger partial charge in [0.2, 0.25) is 0 Å². The Kier molecular flexibility index (Phi) is 3.92. The molecule has 0 radical (unpaired) electrons. The number of nitriles is 1. The highest BCUT2D eigenvalue weighted by Gasteiger charge is 2.47. The highest BCUT2D eigenvalue weighted by molar-refractivity contribution is 6.33. The molecule has 3 aromatic rings. The highest BCUT2D eigenvalue weighted by Crippen LogP contribution is 2.55. The molecule has 0 N–H and O–H groups in total. The molecule has 0 aliphatic heterocycles. The summed E-state index contributed by atoms with van der Waals surface area (Å²) >= 11 is 6.24. The van der Waals surface area contributed by atoms with Gasteiger partial charge in [0.25, 0.3) is 0 Å². The van der Waals surface area contributed by atoms with E-state index in [4.69, 9.17) is 16.9 Å². The molecule has 2 bridgehead atoms. The van der Waals surface area contributed by atoms with E-state index in [-0.39, 0.29) is 5.41 Å². The van der Waals surface area contributed by atoms with Gasteiger partial charge in [-0.15, -0.1) is 0 Å². The van der Waals surface area contributed by atoms with Gasteiger partial charge >= 0.3 is 0 Å². The number of halogens is 2. The van der Waals surface area contributed by atoms with Crippen molar-refractivity contribution in [3.8, 4) is 17.3 Å². The van der Waals surface area contributed by atoms with Crippen LogP contribution < -0.4 is 0 Å². The van der Waals surface area contributed by atoms with Crippen LogP contribution in [0.4, 0.5) is 4.39 Å². The molecule has 4 nitrogen and oxygen atoms in total. The number of hydrogen-bond acceptors (Lipinski definition) is 4. The van der Waals surface area contributed by atoms with Gasteiger partial charge in [0.1, 0.15) is 17.6 Å². The van der Waals surface area contributed by atoms with E-state index in [0.29, 0.717) is 27.9 Å². The van der Waals surface area contributed by atoms with Crippen molar-refractivity contribution in [2.24, 2.45) is 0 Å². The molecule has 138 valence electrons. The second kappa shape index (κ2) is 6.35. The van der Waals surface area contributed by atoms with E-state index in [1.54, 1.807) is 24.4 Å². The quantitative estimate of drug-likeness (QED) is 0.606. The maximum atomic E-state index is 14.4. The number of pyridine rings is 1. The van der Waals surface area contributed by atoms with Crippen LogP contribution in [0.15, 0.2) is 42.6 Å². The Morgan fingerprint density at radius 2 is 1.96 bits per heavy atom. The van der Waals surface area contributed by atoms with Gasteiger partial charge in [-0.2, -0.15) is 15.5 Å². The summed E-state index contributed by atoms with van der Waals surface area (Å²) in [5.41, 5.74) is 4.09. The Hall–Kier alpha value is -2.84. The predicted molar refractivity (Wildman–Crippen MR) is 103 cm³/mol. The first-order valence-corrected chi connectivity index (χ1v) is 9.69. The Morgan fingerprint density at radius 3 is 2.64 bits per heavy atom. The average molecular weight is 391 g/mol. The third-order valence-electron chi connectivity index (χ3n) is 6.21. The van der Waals surface area contributed by atoms with Crippen LogP contribution in [0.3, 0.4) is 0 Å². The van der Waals surface area contributed by atoms with Crippen molar-refractivity contribution in [3.05, 3.63) is 75.9 Å². The van der Waals surface area contributed by atoms with E-state index in [9.17, 15) is 4.39 Å². The van der Waals surface area contributed by atoms with E-state index < -0.39 is 5.82 Å². The van der Waals surface area contributed by atoms with Crippen LogP contribution in [0.5, 0.6) is 0 Å². The van der Waals surface area contributed by atoms with Crippen molar-refractivity contribution in [1.82, 2.24) is 15.2 Å². The molecule has 6 heteroatoms. The Morgan fingerprint density at radius 1 is 1.14 bits per heavy atom. The number of hydrogen-bond donors (Lipinski definition) is 0. The molecule has 1 saturated carbocycles. The Balaban J connectivity index is 1.66. The molecule has 0 saturated heterocycles. The summed E-state index contributed by atoms with van der Waals surface area (Å²) in [7, 11) is 0. The van der Waals surface area contributed by atoms with Crippen molar-refractivity contribution in [3.63, 3.8) is 0 Å². The van der Waals surface area contributed by atoms with Crippen molar-refractivity contribution in [2.45, 2.75) is 37.0 Å². The van der Waals surface area contributed by atoms with Crippen LogP contribution in [-0.2, 0) is 5.41 Å². The molecule has 0 amide bonds. The number of nitrogens with zero attached hydrogens (tertiary/aromatic N) is 4. The summed E-state index contributed by atoms with van der Waals surface area (Å²) < 4.78 is 14.4.